The number of likely N-dealkylation sites (tertiary alicyclic amines) is 1. The Morgan fingerprint density at radius 3 is 2.84 bits per heavy atom. The number of nitrogens with zero attached hydrogens (tertiary/aromatic N) is 2. The van der Waals surface area contributed by atoms with E-state index in [2.05, 4.69) is 15.2 Å². The molecule has 0 spiro atoms. The molecule has 5 nitrogen and oxygen atoms in total. The minimum atomic E-state index is -0.0667. The van der Waals surface area contributed by atoms with Crippen LogP contribution in [-0.4, -0.2) is 42.0 Å². The number of carbonyl (C=O) groups is 1. The Hall–Kier alpha value is -1.62. The molecule has 1 saturated heterocycles. The zero-order chi connectivity index (χ0) is 13.7. The minimum absolute atomic E-state index is 0.0667. The molecule has 1 amide bonds. The van der Waals surface area contributed by atoms with Gasteiger partial charge in [0.1, 0.15) is 5.82 Å². The Kier molecular flexibility index (Phi) is 4.74. The molecule has 0 radical (unpaired) electrons. The van der Waals surface area contributed by atoms with Crippen LogP contribution in [0.25, 0.3) is 0 Å². The third kappa shape index (κ3) is 3.92. The summed E-state index contributed by atoms with van der Waals surface area (Å²) in [6, 6.07) is 3.44. The second-order valence-corrected chi connectivity index (χ2v) is 4.93. The minimum Gasteiger partial charge on any atom is -0.384 e. The number of nitrogens with two attached hydrogens (primary N) is 1. The number of aromatic nitrogens is 1. The number of nitrogen functional groups attached to an aromatic ring is 1. The van der Waals surface area contributed by atoms with Gasteiger partial charge in [-0.1, -0.05) is 6.92 Å². The highest BCUT2D eigenvalue weighted by atomic mass is 16.1. The monoisotopic (exact) mass is 262 g/mol. The summed E-state index contributed by atoms with van der Waals surface area (Å²) in [6.45, 7) is 5.91. The lowest BCUT2D eigenvalue weighted by Crippen LogP contribution is -2.33. The molecule has 1 aromatic heterocycles. The molecular weight excluding hydrogens is 240 g/mol. The normalized spacial score (nSPS) is 15.6. The van der Waals surface area contributed by atoms with Gasteiger partial charge in [-0.15, -0.1) is 0 Å². The third-order valence-electron chi connectivity index (χ3n) is 3.43. The zero-order valence-electron chi connectivity index (χ0n) is 11.5. The van der Waals surface area contributed by atoms with Crippen molar-refractivity contribution >= 4 is 11.7 Å². The van der Waals surface area contributed by atoms with Gasteiger partial charge in [0.15, 0.2) is 0 Å². The van der Waals surface area contributed by atoms with E-state index in [1.165, 1.54) is 12.8 Å². The van der Waals surface area contributed by atoms with E-state index in [0.717, 1.165) is 31.7 Å². The van der Waals surface area contributed by atoms with E-state index < -0.39 is 0 Å². The summed E-state index contributed by atoms with van der Waals surface area (Å²) in [5.74, 6) is 0.340. The van der Waals surface area contributed by atoms with Crippen LogP contribution in [0.3, 0.4) is 0 Å². The molecule has 19 heavy (non-hydrogen) atoms. The molecular formula is C14H22N4O. The number of hydrogen-bond acceptors (Lipinski definition) is 4. The van der Waals surface area contributed by atoms with Gasteiger partial charge in [-0.3, -0.25) is 4.79 Å². The number of anilines is 1. The number of nitrogens with one attached hydrogen (secondary N) is 1. The number of rotatable bonds is 5. The number of hydrogen-bond donors (Lipinski definition) is 2. The lowest BCUT2D eigenvalue weighted by atomic mass is 10.2. The fourth-order valence-corrected chi connectivity index (χ4v) is 2.36. The number of pyridine rings is 1. The molecule has 2 rings (SSSR count). The highest BCUT2D eigenvalue weighted by molar-refractivity contribution is 5.94. The van der Waals surface area contributed by atoms with E-state index in [1.54, 1.807) is 6.07 Å². The van der Waals surface area contributed by atoms with Gasteiger partial charge in [0.25, 0.3) is 5.91 Å². The van der Waals surface area contributed by atoms with Crippen molar-refractivity contribution in [3.05, 3.63) is 23.4 Å². The molecule has 1 aliphatic rings. The standard InChI is InChI=1S/C14H22N4O/c1-2-12-9-11(10-13(15)17-12)14(19)16-5-8-18-6-3-4-7-18/h9-10H,2-8H2,1H3,(H2,15,17)(H,16,19). The maximum absolute atomic E-state index is 12.0. The average Bonchev–Trinajstić information content (AvgIpc) is 2.91. The van der Waals surface area contributed by atoms with Crippen molar-refractivity contribution in [2.75, 3.05) is 31.9 Å². The van der Waals surface area contributed by atoms with Crippen LogP contribution in [0.5, 0.6) is 0 Å². The fraction of sp³-hybridized carbons (Fsp3) is 0.571. The van der Waals surface area contributed by atoms with Crippen LogP contribution < -0.4 is 11.1 Å². The maximum atomic E-state index is 12.0. The van der Waals surface area contributed by atoms with Crippen LogP contribution in [0.2, 0.25) is 0 Å². The predicted molar refractivity (Wildman–Crippen MR) is 76.0 cm³/mol. The molecule has 3 N–H and O–H groups in total. The summed E-state index contributed by atoms with van der Waals surface area (Å²) in [4.78, 5) is 18.6. The van der Waals surface area contributed by atoms with Gasteiger partial charge in [-0.2, -0.15) is 0 Å². The third-order valence-corrected chi connectivity index (χ3v) is 3.43. The smallest absolute Gasteiger partial charge is 0.251 e. The SMILES string of the molecule is CCc1cc(C(=O)NCCN2CCCC2)cc(N)n1. The molecule has 104 valence electrons. The van der Waals surface area contributed by atoms with Crippen molar-refractivity contribution in [2.24, 2.45) is 0 Å². The summed E-state index contributed by atoms with van der Waals surface area (Å²) >= 11 is 0. The van der Waals surface area contributed by atoms with Crippen LogP contribution in [0.4, 0.5) is 5.82 Å². The molecule has 1 aliphatic heterocycles. The Bertz CT molecular complexity index is 441. The van der Waals surface area contributed by atoms with Gasteiger partial charge in [-0.25, -0.2) is 4.98 Å². The van der Waals surface area contributed by atoms with Crippen LogP contribution in [0.1, 0.15) is 35.8 Å². The quantitative estimate of drug-likeness (QED) is 0.832. The molecule has 0 bridgehead atoms. The number of carbonyl (C=O) groups excluding carboxylic acids is 1. The Labute approximate surface area is 114 Å². The average molecular weight is 262 g/mol. The van der Waals surface area contributed by atoms with Crippen LogP contribution in [0, 0.1) is 0 Å². The summed E-state index contributed by atoms with van der Waals surface area (Å²) in [6.07, 6.45) is 3.32. The predicted octanol–water partition coefficient (Wildman–Crippen LogP) is 1.05. The van der Waals surface area contributed by atoms with E-state index in [1.807, 2.05) is 13.0 Å². The number of amides is 1. The van der Waals surface area contributed by atoms with E-state index in [0.29, 0.717) is 17.9 Å². The first kappa shape index (κ1) is 13.8. The maximum Gasteiger partial charge on any atom is 0.251 e. The van der Waals surface area contributed by atoms with Crippen LogP contribution in [0.15, 0.2) is 12.1 Å². The van der Waals surface area contributed by atoms with Crippen molar-refractivity contribution in [2.45, 2.75) is 26.2 Å². The highest BCUT2D eigenvalue weighted by Crippen LogP contribution is 2.09. The Morgan fingerprint density at radius 2 is 2.16 bits per heavy atom. The molecule has 1 aromatic rings. The molecule has 0 unspecified atom stereocenters. The first-order chi connectivity index (χ1) is 9.19. The van der Waals surface area contributed by atoms with Crippen molar-refractivity contribution < 1.29 is 4.79 Å². The van der Waals surface area contributed by atoms with Crippen molar-refractivity contribution in [1.29, 1.82) is 0 Å². The van der Waals surface area contributed by atoms with Crippen molar-refractivity contribution in [1.82, 2.24) is 15.2 Å². The molecule has 1 fully saturated rings. The van der Waals surface area contributed by atoms with E-state index >= 15 is 0 Å². The van der Waals surface area contributed by atoms with Gasteiger partial charge < -0.3 is 16.0 Å². The Morgan fingerprint density at radius 1 is 1.42 bits per heavy atom. The van der Waals surface area contributed by atoms with E-state index in [9.17, 15) is 4.79 Å². The van der Waals surface area contributed by atoms with Gasteiger partial charge in [-0.05, 0) is 44.5 Å². The second kappa shape index (κ2) is 6.52. The van der Waals surface area contributed by atoms with Crippen LogP contribution in [-0.2, 0) is 6.42 Å². The molecule has 2 heterocycles. The van der Waals surface area contributed by atoms with Crippen molar-refractivity contribution in [3.8, 4) is 0 Å². The zero-order valence-corrected chi connectivity index (χ0v) is 11.5. The summed E-state index contributed by atoms with van der Waals surface area (Å²) in [5.41, 5.74) is 7.16. The lowest BCUT2D eigenvalue weighted by Gasteiger charge is -2.14. The molecule has 0 aliphatic carbocycles. The van der Waals surface area contributed by atoms with Gasteiger partial charge in [0, 0.05) is 24.3 Å². The molecule has 5 heteroatoms. The topological polar surface area (TPSA) is 71.2 Å². The van der Waals surface area contributed by atoms with Gasteiger partial charge in [0.2, 0.25) is 0 Å². The molecule has 0 saturated carbocycles. The van der Waals surface area contributed by atoms with Gasteiger partial charge in [0.05, 0.1) is 0 Å². The molecule has 0 aromatic carbocycles. The van der Waals surface area contributed by atoms with Crippen molar-refractivity contribution in [3.63, 3.8) is 0 Å². The number of aryl methyl sites for hydroxylation is 1. The van der Waals surface area contributed by atoms with E-state index in [4.69, 9.17) is 5.73 Å². The summed E-state index contributed by atoms with van der Waals surface area (Å²) in [7, 11) is 0. The second-order valence-electron chi connectivity index (χ2n) is 4.93. The largest absolute Gasteiger partial charge is 0.384 e. The first-order valence-corrected chi connectivity index (χ1v) is 6.96. The van der Waals surface area contributed by atoms with E-state index in [-0.39, 0.29) is 5.91 Å². The fourth-order valence-electron chi connectivity index (χ4n) is 2.36. The highest BCUT2D eigenvalue weighted by Gasteiger charge is 2.12. The lowest BCUT2D eigenvalue weighted by molar-refractivity contribution is 0.0949. The van der Waals surface area contributed by atoms with Crippen LogP contribution >= 0.6 is 0 Å². The first-order valence-electron chi connectivity index (χ1n) is 6.96. The molecule has 0 atom stereocenters. The summed E-state index contributed by atoms with van der Waals surface area (Å²) in [5, 5.41) is 2.94. The van der Waals surface area contributed by atoms with Gasteiger partial charge >= 0.3 is 0 Å². The Balaban J connectivity index is 1.86. The summed E-state index contributed by atoms with van der Waals surface area (Å²) < 4.78 is 0.